The molecule has 33 heavy (non-hydrogen) atoms. The Kier molecular flexibility index (Phi) is 7.85. The van der Waals surface area contributed by atoms with Gasteiger partial charge in [0, 0.05) is 25.9 Å². The molecule has 4 aliphatic rings. The van der Waals surface area contributed by atoms with Crippen LogP contribution in [0, 0.1) is 23.2 Å². The van der Waals surface area contributed by atoms with E-state index in [1.165, 1.54) is 50.5 Å². The van der Waals surface area contributed by atoms with Crippen molar-refractivity contribution < 1.29 is 15.0 Å². The molecule has 1 amide bonds. The average Bonchev–Trinajstić information content (AvgIpc) is 3.16. The van der Waals surface area contributed by atoms with Crippen LogP contribution in [0.5, 0.6) is 0 Å². The van der Waals surface area contributed by atoms with Gasteiger partial charge in [0.2, 0.25) is 5.91 Å². The fourth-order valence-electron chi connectivity index (χ4n) is 7.53. The van der Waals surface area contributed by atoms with Crippen LogP contribution in [0.4, 0.5) is 0 Å². The number of allylic oxidation sites excluding steroid dienone is 3. The van der Waals surface area contributed by atoms with Crippen LogP contribution in [-0.2, 0) is 4.79 Å². The van der Waals surface area contributed by atoms with Crippen molar-refractivity contribution in [2.24, 2.45) is 23.2 Å². The molecule has 1 unspecified atom stereocenters. The van der Waals surface area contributed by atoms with E-state index >= 15 is 0 Å². The van der Waals surface area contributed by atoms with Crippen molar-refractivity contribution in [3.05, 3.63) is 35.5 Å². The van der Waals surface area contributed by atoms with E-state index in [1.807, 2.05) is 0 Å². The number of likely N-dealkylation sites (tertiary alicyclic amines) is 1. The number of carbonyl (C=O) groups is 1. The summed E-state index contributed by atoms with van der Waals surface area (Å²) in [5.74, 6) is 2.24. The van der Waals surface area contributed by atoms with Crippen LogP contribution < -0.4 is 0 Å². The highest BCUT2D eigenvalue weighted by Crippen LogP contribution is 2.59. The van der Waals surface area contributed by atoms with Gasteiger partial charge >= 0.3 is 0 Å². The van der Waals surface area contributed by atoms with E-state index in [0.717, 1.165) is 37.1 Å². The minimum absolute atomic E-state index is 0.318. The van der Waals surface area contributed by atoms with E-state index < -0.39 is 12.2 Å². The molecule has 6 atom stereocenters. The lowest BCUT2D eigenvalue weighted by Crippen LogP contribution is -2.37. The van der Waals surface area contributed by atoms with Crippen molar-refractivity contribution in [1.29, 1.82) is 0 Å². The van der Waals surface area contributed by atoms with Crippen LogP contribution in [0.2, 0.25) is 0 Å². The molecule has 0 aromatic rings. The lowest BCUT2D eigenvalue weighted by Gasteiger charge is -2.44. The highest BCUT2D eigenvalue weighted by Gasteiger charge is 2.50. The van der Waals surface area contributed by atoms with Crippen LogP contribution in [0.25, 0.3) is 0 Å². The molecular weight excluding hydrogens is 410 g/mol. The number of fused-ring (bicyclic) bond motifs is 1. The molecule has 184 valence electrons. The topological polar surface area (TPSA) is 60.8 Å². The number of hydrogen-bond acceptors (Lipinski definition) is 3. The maximum absolute atomic E-state index is 12.7. The Labute approximate surface area is 200 Å². The van der Waals surface area contributed by atoms with Crippen LogP contribution >= 0.6 is 0 Å². The first-order valence-corrected chi connectivity index (χ1v) is 13.5. The molecule has 4 rings (SSSR count). The summed E-state index contributed by atoms with van der Waals surface area (Å²) in [7, 11) is 0. The highest BCUT2D eigenvalue weighted by atomic mass is 16.3. The summed E-state index contributed by atoms with van der Waals surface area (Å²) in [6, 6.07) is 0. The van der Waals surface area contributed by atoms with Gasteiger partial charge in [0.1, 0.15) is 0 Å². The highest BCUT2D eigenvalue weighted by molar-refractivity contribution is 5.76. The Hall–Kier alpha value is -1.39. The first kappa shape index (κ1) is 24.7. The molecule has 0 radical (unpaired) electrons. The van der Waals surface area contributed by atoms with Crippen molar-refractivity contribution in [2.75, 3.05) is 13.1 Å². The predicted molar refractivity (Wildman–Crippen MR) is 134 cm³/mol. The number of carbonyl (C=O) groups excluding carboxylic acids is 1. The molecule has 4 fully saturated rings. The van der Waals surface area contributed by atoms with Crippen LogP contribution in [0.3, 0.4) is 0 Å². The third-order valence-electron chi connectivity index (χ3n) is 9.51. The van der Waals surface area contributed by atoms with Gasteiger partial charge in [0.15, 0.2) is 0 Å². The molecule has 0 aromatic heterocycles. The molecule has 4 heteroatoms. The monoisotopic (exact) mass is 455 g/mol. The summed E-state index contributed by atoms with van der Waals surface area (Å²) in [6.45, 7) is 10.9. The molecule has 3 saturated carbocycles. The van der Waals surface area contributed by atoms with Crippen LogP contribution in [0.15, 0.2) is 35.5 Å². The van der Waals surface area contributed by atoms with E-state index in [-0.39, 0.29) is 0 Å². The SMILES string of the molecule is C=C1C(=CC=C2CCC[C@@]3(C)C2CC[C@@H]3[C@@H](C)CCC(=O)N2CCCCC2)C[C@@H](O)C[C@@H]1O. The molecule has 1 saturated heterocycles. The second kappa shape index (κ2) is 10.5. The van der Waals surface area contributed by atoms with Crippen LogP contribution in [0.1, 0.15) is 90.9 Å². The normalized spacial score (nSPS) is 38.5. The first-order valence-electron chi connectivity index (χ1n) is 13.5. The Balaban J connectivity index is 1.40. The van der Waals surface area contributed by atoms with Crippen molar-refractivity contribution in [2.45, 2.75) is 103 Å². The Morgan fingerprint density at radius 1 is 1.18 bits per heavy atom. The summed E-state index contributed by atoms with van der Waals surface area (Å²) < 4.78 is 0. The number of nitrogens with zero attached hydrogens (tertiary/aromatic N) is 1. The fraction of sp³-hybridized carbons (Fsp3) is 0.759. The van der Waals surface area contributed by atoms with Gasteiger partial charge in [0.25, 0.3) is 0 Å². The zero-order valence-corrected chi connectivity index (χ0v) is 20.9. The van der Waals surface area contributed by atoms with Crippen molar-refractivity contribution in [3.8, 4) is 0 Å². The van der Waals surface area contributed by atoms with Gasteiger partial charge in [-0.15, -0.1) is 0 Å². The standard InChI is InChI=1S/C29H45NO3/c1-20(9-14-28(33)30-16-5-4-6-17-30)25-12-13-26-22(8-7-15-29(25,26)3)10-11-23-18-24(31)19-27(32)21(23)2/h10-11,20,24-27,31-32H,2,4-9,12-19H2,1,3H3/t20-,24+,25+,26?,27-,29+/m0/s1. The van der Waals surface area contributed by atoms with Gasteiger partial charge in [0.05, 0.1) is 12.2 Å². The Morgan fingerprint density at radius 3 is 2.70 bits per heavy atom. The zero-order chi connectivity index (χ0) is 23.6. The molecule has 0 bridgehead atoms. The van der Waals surface area contributed by atoms with Crippen molar-refractivity contribution >= 4 is 5.91 Å². The number of amides is 1. The zero-order valence-electron chi connectivity index (χ0n) is 20.9. The first-order chi connectivity index (χ1) is 15.8. The van der Waals surface area contributed by atoms with E-state index in [2.05, 4.69) is 37.5 Å². The van der Waals surface area contributed by atoms with Crippen molar-refractivity contribution in [1.82, 2.24) is 4.90 Å². The smallest absolute Gasteiger partial charge is 0.222 e. The lowest BCUT2D eigenvalue weighted by atomic mass is 9.60. The van der Waals surface area contributed by atoms with E-state index in [1.54, 1.807) is 0 Å². The van der Waals surface area contributed by atoms with E-state index in [9.17, 15) is 15.0 Å². The van der Waals surface area contributed by atoms with Gasteiger partial charge in [-0.3, -0.25) is 4.79 Å². The van der Waals surface area contributed by atoms with E-state index in [0.29, 0.717) is 48.3 Å². The molecule has 1 aliphatic heterocycles. The van der Waals surface area contributed by atoms with Gasteiger partial charge in [-0.05, 0) is 98.5 Å². The van der Waals surface area contributed by atoms with Crippen molar-refractivity contribution in [3.63, 3.8) is 0 Å². The maximum Gasteiger partial charge on any atom is 0.222 e. The molecule has 1 heterocycles. The summed E-state index contributed by atoms with van der Waals surface area (Å²) in [4.78, 5) is 14.8. The molecule has 4 nitrogen and oxygen atoms in total. The minimum atomic E-state index is -0.626. The second-order valence-corrected chi connectivity index (χ2v) is 11.6. The Bertz CT molecular complexity index is 793. The van der Waals surface area contributed by atoms with Gasteiger partial charge in [-0.1, -0.05) is 38.2 Å². The number of hydrogen-bond donors (Lipinski definition) is 2. The third-order valence-corrected chi connectivity index (χ3v) is 9.51. The summed E-state index contributed by atoms with van der Waals surface area (Å²) in [5, 5.41) is 20.2. The van der Waals surface area contributed by atoms with Crippen LogP contribution in [-0.4, -0.2) is 46.3 Å². The minimum Gasteiger partial charge on any atom is -0.393 e. The Morgan fingerprint density at radius 2 is 1.94 bits per heavy atom. The number of piperidine rings is 1. The number of rotatable bonds is 5. The predicted octanol–water partition coefficient (Wildman–Crippen LogP) is 5.56. The molecule has 0 aromatic carbocycles. The molecular formula is C29H45NO3. The molecule has 0 spiro atoms. The average molecular weight is 456 g/mol. The summed E-state index contributed by atoms with van der Waals surface area (Å²) in [6.07, 6.45) is 15.8. The quantitative estimate of drug-likeness (QED) is 0.571. The van der Waals surface area contributed by atoms with Gasteiger partial charge in [-0.2, -0.15) is 0 Å². The number of aliphatic hydroxyl groups excluding tert-OH is 2. The van der Waals surface area contributed by atoms with Gasteiger partial charge in [-0.25, -0.2) is 0 Å². The molecule has 2 N–H and O–H groups in total. The van der Waals surface area contributed by atoms with Gasteiger partial charge < -0.3 is 15.1 Å². The van der Waals surface area contributed by atoms with E-state index in [4.69, 9.17) is 0 Å². The second-order valence-electron chi connectivity index (χ2n) is 11.6. The third kappa shape index (κ3) is 5.32. The largest absolute Gasteiger partial charge is 0.393 e. The number of aliphatic hydroxyl groups is 2. The lowest BCUT2D eigenvalue weighted by molar-refractivity contribution is -0.132. The fourth-order valence-corrected chi connectivity index (χ4v) is 7.53. The summed E-state index contributed by atoms with van der Waals surface area (Å²) >= 11 is 0. The maximum atomic E-state index is 12.7. The molecule has 3 aliphatic carbocycles. The summed E-state index contributed by atoms with van der Waals surface area (Å²) in [5.41, 5.74) is 3.63.